The van der Waals surface area contributed by atoms with Crippen LogP contribution in [0.2, 0.25) is 5.02 Å². The molecule has 1 aromatic rings. The molecule has 0 amide bonds. The first-order chi connectivity index (χ1) is 8.53. The Labute approximate surface area is 111 Å². The number of sulfonamides is 1. The number of halogens is 1. The zero-order valence-electron chi connectivity index (χ0n) is 9.51. The summed E-state index contributed by atoms with van der Waals surface area (Å²) in [7, 11) is -3.62. The third kappa shape index (κ3) is 2.75. The van der Waals surface area contributed by atoms with Crippen molar-refractivity contribution in [2.45, 2.75) is 17.4 Å². The fraction of sp³-hybridized carbons (Fsp3) is 0.364. The van der Waals surface area contributed by atoms with Gasteiger partial charge in [0.1, 0.15) is 4.90 Å². The highest BCUT2D eigenvalue weighted by atomic mass is 35.5. The molecule has 1 fully saturated rings. The molecule has 5 nitrogen and oxygen atoms in total. The average Bonchev–Trinajstić information content (AvgIpc) is 2.76. The fourth-order valence-electron chi connectivity index (χ4n) is 1.89. The van der Waals surface area contributed by atoms with Crippen LogP contribution in [0.4, 0.5) is 0 Å². The molecule has 1 saturated heterocycles. The number of hydrogen-bond donors (Lipinski definition) is 1. The SMILES string of the molecule is N#CN1CC[C@@H](NS(=O)(=O)c2ccccc2Cl)C1. The molecule has 0 unspecified atom stereocenters. The van der Waals surface area contributed by atoms with Crippen LogP contribution >= 0.6 is 11.6 Å². The standard InChI is InChI=1S/C11H12ClN3O2S/c12-10-3-1-2-4-11(10)18(16,17)14-9-5-6-15(7-9)8-13/h1-4,9,14H,5-7H2/t9-/m1/s1. The number of rotatable bonds is 3. The van der Waals surface area contributed by atoms with Gasteiger partial charge in [0.25, 0.3) is 0 Å². The second-order valence-electron chi connectivity index (χ2n) is 4.08. The molecule has 0 radical (unpaired) electrons. The van der Waals surface area contributed by atoms with Crippen LogP contribution in [0.5, 0.6) is 0 Å². The maximum atomic E-state index is 12.1. The van der Waals surface area contributed by atoms with Crippen molar-refractivity contribution in [2.75, 3.05) is 13.1 Å². The molecule has 0 aliphatic carbocycles. The normalized spacial score (nSPS) is 19.8. The van der Waals surface area contributed by atoms with Crippen molar-refractivity contribution in [3.05, 3.63) is 29.3 Å². The molecule has 1 atom stereocenters. The highest BCUT2D eigenvalue weighted by Crippen LogP contribution is 2.21. The predicted octanol–water partition coefficient (Wildman–Crippen LogP) is 1.17. The van der Waals surface area contributed by atoms with Gasteiger partial charge in [-0.15, -0.1) is 0 Å². The van der Waals surface area contributed by atoms with E-state index >= 15 is 0 Å². The van der Waals surface area contributed by atoms with Crippen molar-refractivity contribution >= 4 is 21.6 Å². The van der Waals surface area contributed by atoms with Gasteiger partial charge in [-0.05, 0) is 18.6 Å². The Kier molecular flexibility index (Phi) is 3.76. The van der Waals surface area contributed by atoms with Crippen LogP contribution in [0.3, 0.4) is 0 Å². The van der Waals surface area contributed by atoms with Crippen molar-refractivity contribution in [3.8, 4) is 6.19 Å². The van der Waals surface area contributed by atoms with Gasteiger partial charge in [-0.25, -0.2) is 13.1 Å². The van der Waals surface area contributed by atoms with Gasteiger partial charge in [-0.1, -0.05) is 23.7 Å². The molecular formula is C11H12ClN3O2S. The number of benzene rings is 1. The van der Waals surface area contributed by atoms with Crippen LogP contribution in [0.1, 0.15) is 6.42 Å². The Morgan fingerprint density at radius 3 is 2.78 bits per heavy atom. The second-order valence-corrected chi connectivity index (χ2v) is 6.17. The van der Waals surface area contributed by atoms with E-state index in [4.69, 9.17) is 16.9 Å². The molecule has 1 aliphatic rings. The van der Waals surface area contributed by atoms with Gasteiger partial charge >= 0.3 is 0 Å². The first kappa shape index (κ1) is 13.1. The molecule has 1 N–H and O–H groups in total. The lowest BCUT2D eigenvalue weighted by molar-refractivity contribution is 0.470. The van der Waals surface area contributed by atoms with Crippen LogP contribution in [-0.2, 0) is 10.0 Å². The smallest absolute Gasteiger partial charge is 0.242 e. The minimum atomic E-state index is -3.62. The lowest BCUT2D eigenvalue weighted by Gasteiger charge is -2.13. The van der Waals surface area contributed by atoms with Gasteiger partial charge in [0.05, 0.1) is 5.02 Å². The van der Waals surface area contributed by atoms with Crippen LogP contribution in [0.15, 0.2) is 29.2 Å². The van der Waals surface area contributed by atoms with E-state index in [2.05, 4.69) is 4.72 Å². The van der Waals surface area contributed by atoms with E-state index in [1.54, 1.807) is 12.1 Å². The van der Waals surface area contributed by atoms with Crippen molar-refractivity contribution in [1.82, 2.24) is 9.62 Å². The Bertz CT molecular complexity index is 582. The summed E-state index contributed by atoms with van der Waals surface area (Å²) in [5.74, 6) is 0. The number of nitriles is 1. The largest absolute Gasteiger partial charge is 0.309 e. The van der Waals surface area contributed by atoms with Gasteiger partial charge in [0.2, 0.25) is 10.0 Å². The van der Waals surface area contributed by atoms with E-state index in [0.29, 0.717) is 19.5 Å². The third-order valence-corrected chi connectivity index (χ3v) is 4.80. The average molecular weight is 286 g/mol. The zero-order valence-corrected chi connectivity index (χ0v) is 11.1. The summed E-state index contributed by atoms with van der Waals surface area (Å²) < 4.78 is 26.8. The summed E-state index contributed by atoms with van der Waals surface area (Å²) in [6, 6.07) is 6.05. The van der Waals surface area contributed by atoms with E-state index in [9.17, 15) is 8.42 Å². The monoisotopic (exact) mass is 285 g/mol. The molecule has 0 bridgehead atoms. The van der Waals surface area contributed by atoms with Crippen LogP contribution in [0.25, 0.3) is 0 Å². The molecule has 7 heteroatoms. The minimum Gasteiger partial charge on any atom is -0.309 e. The van der Waals surface area contributed by atoms with E-state index < -0.39 is 10.0 Å². The van der Waals surface area contributed by atoms with E-state index in [0.717, 1.165) is 0 Å². The van der Waals surface area contributed by atoms with E-state index in [1.165, 1.54) is 17.0 Å². The quantitative estimate of drug-likeness (QED) is 0.846. The molecule has 2 rings (SSSR count). The van der Waals surface area contributed by atoms with Gasteiger partial charge in [-0.2, -0.15) is 5.26 Å². The van der Waals surface area contributed by atoms with Crippen molar-refractivity contribution in [1.29, 1.82) is 5.26 Å². The molecule has 0 saturated carbocycles. The molecule has 1 aliphatic heterocycles. The fourth-order valence-corrected chi connectivity index (χ4v) is 3.67. The zero-order chi connectivity index (χ0) is 13.2. The Morgan fingerprint density at radius 1 is 1.44 bits per heavy atom. The maximum Gasteiger partial charge on any atom is 0.242 e. The van der Waals surface area contributed by atoms with Gasteiger partial charge in [0.15, 0.2) is 6.19 Å². The number of nitrogens with one attached hydrogen (secondary N) is 1. The first-order valence-electron chi connectivity index (χ1n) is 5.44. The Hall–Kier alpha value is -1.29. The van der Waals surface area contributed by atoms with E-state index in [1.807, 2.05) is 6.19 Å². The Balaban J connectivity index is 2.14. The summed E-state index contributed by atoms with van der Waals surface area (Å²) in [6.45, 7) is 0.979. The number of nitrogens with zero attached hydrogens (tertiary/aromatic N) is 2. The lowest BCUT2D eigenvalue weighted by Crippen LogP contribution is -2.36. The molecule has 0 spiro atoms. The van der Waals surface area contributed by atoms with Crippen LogP contribution < -0.4 is 4.72 Å². The molecule has 0 aromatic heterocycles. The second kappa shape index (κ2) is 5.14. The first-order valence-corrected chi connectivity index (χ1v) is 7.30. The van der Waals surface area contributed by atoms with Gasteiger partial charge in [-0.3, -0.25) is 0 Å². The molecule has 18 heavy (non-hydrogen) atoms. The summed E-state index contributed by atoms with van der Waals surface area (Å²) in [6.07, 6.45) is 2.63. The summed E-state index contributed by atoms with van der Waals surface area (Å²) in [5, 5.41) is 8.92. The third-order valence-electron chi connectivity index (χ3n) is 2.78. The predicted molar refractivity (Wildman–Crippen MR) is 67.4 cm³/mol. The maximum absolute atomic E-state index is 12.1. The van der Waals surface area contributed by atoms with Crippen molar-refractivity contribution in [2.24, 2.45) is 0 Å². The van der Waals surface area contributed by atoms with Crippen LogP contribution in [0, 0.1) is 11.5 Å². The lowest BCUT2D eigenvalue weighted by atomic mass is 10.3. The van der Waals surface area contributed by atoms with Gasteiger partial charge < -0.3 is 4.90 Å². The highest BCUT2D eigenvalue weighted by Gasteiger charge is 2.27. The topological polar surface area (TPSA) is 73.2 Å². The molecule has 1 heterocycles. The summed E-state index contributed by atoms with van der Waals surface area (Å²) >= 11 is 5.87. The minimum absolute atomic E-state index is 0.0714. The summed E-state index contributed by atoms with van der Waals surface area (Å²) in [4.78, 5) is 1.60. The van der Waals surface area contributed by atoms with E-state index in [-0.39, 0.29) is 16.0 Å². The van der Waals surface area contributed by atoms with Crippen molar-refractivity contribution in [3.63, 3.8) is 0 Å². The number of hydrogen-bond acceptors (Lipinski definition) is 4. The van der Waals surface area contributed by atoms with Crippen molar-refractivity contribution < 1.29 is 8.42 Å². The summed E-state index contributed by atoms with van der Waals surface area (Å²) in [5.41, 5.74) is 0. The van der Waals surface area contributed by atoms with Gasteiger partial charge in [0, 0.05) is 19.1 Å². The molecular weight excluding hydrogens is 274 g/mol. The molecule has 1 aromatic carbocycles. The highest BCUT2D eigenvalue weighted by molar-refractivity contribution is 7.89. The number of likely N-dealkylation sites (tertiary alicyclic amines) is 1. The van der Waals surface area contributed by atoms with Crippen LogP contribution in [-0.4, -0.2) is 32.4 Å². The Morgan fingerprint density at radius 2 is 2.17 bits per heavy atom. The molecule has 96 valence electrons.